The molecule has 0 aliphatic heterocycles. The van der Waals surface area contributed by atoms with Gasteiger partial charge in [0.25, 0.3) is 0 Å². The van der Waals surface area contributed by atoms with E-state index in [4.69, 9.17) is 0 Å². The molecule has 1 aromatic heterocycles. The SMILES string of the molecule is CN(CCCNCc1ccnn1C)Cc1ccccc1. The molecular formula is C16H24N4. The van der Waals surface area contributed by atoms with Crippen molar-refractivity contribution in [3.63, 3.8) is 0 Å². The minimum Gasteiger partial charge on any atom is -0.311 e. The molecule has 0 radical (unpaired) electrons. The van der Waals surface area contributed by atoms with Crippen molar-refractivity contribution >= 4 is 0 Å². The Labute approximate surface area is 121 Å². The molecule has 0 bridgehead atoms. The van der Waals surface area contributed by atoms with Gasteiger partial charge in [-0.2, -0.15) is 5.10 Å². The average molecular weight is 272 g/mol. The van der Waals surface area contributed by atoms with Crippen molar-refractivity contribution in [1.82, 2.24) is 20.0 Å². The van der Waals surface area contributed by atoms with E-state index in [1.165, 1.54) is 11.3 Å². The first-order valence-electron chi connectivity index (χ1n) is 7.16. The standard InChI is InChI=1S/C16H24N4/c1-19(14-15-7-4-3-5-8-15)12-6-10-17-13-16-9-11-18-20(16)2/h3-5,7-9,11,17H,6,10,12-14H2,1-2H3. The fourth-order valence-electron chi connectivity index (χ4n) is 2.24. The summed E-state index contributed by atoms with van der Waals surface area (Å²) in [6.45, 7) is 4.04. The molecule has 20 heavy (non-hydrogen) atoms. The van der Waals surface area contributed by atoms with Crippen molar-refractivity contribution in [1.29, 1.82) is 0 Å². The Morgan fingerprint density at radius 2 is 2.00 bits per heavy atom. The lowest BCUT2D eigenvalue weighted by molar-refractivity contribution is 0.319. The predicted octanol–water partition coefficient (Wildman–Crippen LogP) is 2.03. The maximum atomic E-state index is 4.16. The van der Waals surface area contributed by atoms with E-state index in [1.54, 1.807) is 0 Å². The largest absolute Gasteiger partial charge is 0.311 e. The van der Waals surface area contributed by atoms with Gasteiger partial charge in [0, 0.05) is 26.3 Å². The molecule has 0 aliphatic carbocycles. The van der Waals surface area contributed by atoms with Crippen LogP contribution in [0.3, 0.4) is 0 Å². The van der Waals surface area contributed by atoms with Gasteiger partial charge in [0.15, 0.2) is 0 Å². The Bertz CT molecular complexity index is 492. The van der Waals surface area contributed by atoms with Crippen molar-refractivity contribution in [2.24, 2.45) is 7.05 Å². The van der Waals surface area contributed by atoms with Gasteiger partial charge in [-0.3, -0.25) is 4.68 Å². The van der Waals surface area contributed by atoms with Crippen LogP contribution in [0.15, 0.2) is 42.6 Å². The smallest absolute Gasteiger partial charge is 0.0518 e. The molecular weight excluding hydrogens is 248 g/mol. The molecule has 2 rings (SSSR count). The number of rotatable bonds is 8. The van der Waals surface area contributed by atoms with Crippen LogP contribution in [0.5, 0.6) is 0 Å². The lowest BCUT2D eigenvalue weighted by atomic mass is 10.2. The Morgan fingerprint density at radius 3 is 2.70 bits per heavy atom. The number of hydrogen-bond donors (Lipinski definition) is 1. The maximum absolute atomic E-state index is 4.16. The van der Waals surface area contributed by atoms with Crippen molar-refractivity contribution in [3.8, 4) is 0 Å². The first-order chi connectivity index (χ1) is 9.75. The summed E-state index contributed by atoms with van der Waals surface area (Å²) in [6.07, 6.45) is 2.99. The normalized spacial score (nSPS) is 11.2. The summed E-state index contributed by atoms with van der Waals surface area (Å²) in [5.74, 6) is 0. The second-order valence-corrected chi connectivity index (χ2v) is 5.20. The van der Waals surface area contributed by atoms with E-state index in [0.717, 1.165) is 32.6 Å². The Balaban J connectivity index is 1.58. The zero-order valence-electron chi connectivity index (χ0n) is 12.4. The molecule has 0 saturated carbocycles. The lowest BCUT2D eigenvalue weighted by Crippen LogP contribution is -2.24. The first kappa shape index (κ1) is 14.8. The van der Waals surface area contributed by atoms with Crippen molar-refractivity contribution < 1.29 is 0 Å². The lowest BCUT2D eigenvalue weighted by Gasteiger charge is -2.16. The van der Waals surface area contributed by atoms with Crippen molar-refractivity contribution in [3.05, 3.63) is 53.9 Å². The minimum absolute atomic E-state index is 0.888. The molecule has 4 heteroatoms. The molecule has 2 aromatic rings. The molecule has 0 atom stereocenters. The number of hydrogen-bond acceptors (Lipinski definition) is 3. The van der Waals surface area contributed by atoms with E-state index in [-0.39, 0.29) is 0 Å². The summed E-state index contributed by atoms with van der Waals surface area (Å²) >= 11 is 0. The highest BCUT2D eigenvalue weighted by molar-refractivity contribution is 5.14. The van der Waals surface area contributed by atoms with Crippen LogP contribution >= 0.6 is 0 Å². The molecule has 108 valence electrons. The fraction of sp³-hybridized carbons (Fsp3) is 0.438. The maximum Gasteiger partial charge on any atom is 0.0518 e. The number of nitrogens with one attached hydrogen (secondary N) is 1. The number of aromatic nitrogens is 2. The van der Waals surface area contributed by atoms with Crippen LogP contribution in [0.2, 0.25) is 0 Å². The molecule has 4 nitrogen and oxygen atoms in total. The highest BCUT2D eigenvalue weighted by Gasteiger charge is 2.00. The van der Waals surface area contributed by atoms with E-state index < -0.39 is 0 Å². The molecule has 1 N–H and O–H groups in total. The minimum atomic E-state index is 0.888. The highest BCUT2D eigenvalue weighted by atomic mass is 15.3. The molecule has 0 fully saturated rings. The zero-order chi connectivity index (χ0) is 14.2. The second-order valence-electron chi connectivity index (χ2n) is 5.20. The van der Waals surface area contributed by atoms with E-state index in [0.29, 0.717) is 0 Å². The molecule has 0 aliphatic rings. The highest BCUT2D eigenvalue weighted by Crippen LogP contribution is 2.02. The summed E-state index contributed by atoms with van der Waals surface area (Å²) in [7, 11) is 4.15. The van der Waals surface area contributed by atoms with Crippen molar-refractivity contribution in [2.75, 3.05) is 20.1 Å². The van der Waals surface area contributed by atoms with E-state index in [2.05, 4.69) is 58.8 Å². The van der Waals surface area contributed by atoms with Gasteiger partial charge in [0.05, 0.1) is 5.69 Å². The molecule has 0 amide bonds. The van der Waals surface area contributed by atoms with Gasteiger partial charge in [-0.15, -0.1) is 0 Å². The molecule has 0 spiro atoms. The Kier molecular flexibility index (Phi) is 5.77. The second kappa shape index (κ2) is 7.82. The topological polar surface area (TPSA) is 33.1 Å². The Hall–Kier alpha value is -1.65. The van der Waals surface area contributed by atoms with Crippen LogP contribution in [0, 0.1) is 0 Å². The van der Waals surface area contributed by atoms with Crippen LogP contribution in [-0.4, -0.2) is 34.8 Å². The quantitative estimate of drug-likeness (QED) is 0.747. The first-order valence-corrected chi connectivity index (χ1v) is 7.16. The van der Waals surface area contributed by atoms with Gasteiger partial charge in [0.2, 0.25) is 0 Å². The summed E-state index contributed by atoms with van der Waals surface area (Å²) < 4.78 is 1.91. The van der Waals surface area contributed by atoms with Crippen molar-refractivity contribution in [2.45, 2.75) is 19.5 Å². The third-order valence-electron chi connectivity index (χ3n) is 3.42. The number of nitrogens with zero attached hydrogens (tertiary/aromatic N) is 3. The van der Waals surface area contributed by atoms with Gasteiger partial charge in [-0.1, -0.05) is 30.3 Å². The zero-order valence-corrected chi connectivity index (χ0v) is 12.4. The summed E-state index contributed by atoms with van der Waals surface area (Å²) in [4.78, 5) is 2.36. The average Bonchev–Trinajstić information content (AvgIpc) is 2.85. The predicted molar refractivity (Wildman–Crippen MR) is 82.3 cm³/mol. The van der Waals surface area contributed by atoms with Crippen LogP contribution < -0.4 is 5.32 Å². The van der Waals surface area contributed by atoms with E-state index in [1.807, 2.05) is 17.9 Å². The third kappa shape index (κ3) is 4.79. The Morgan fingerprint density at radius 1 is 1.20 bits per heavy atom. The van der Waals surface area contributed by atoms with E-state index >= 15 is 0 Å². The van der Waals surface area contributed by atoms with E-state index in [9.17, 15) is 0 Å². The van der Waals surface area contributed by atoms with Gasteiger partial charge in [0.1, 0.15) is 0 Å². The molecule has 0 saturated heterocycles. The fourth-order valence-corrected chi connectivity index (χ4v) is 2.24. The van der Waals surface area contributed by atoms with Crippen LogP contribution in [0.25, 0.3) is 0 Å². The van der Waals surface area contributed by atoms with Gasteiger partial charge in [-0.25, -0.2) is 0 Å². The van der Waals surface area contributed by atoms with Crippen LogP contribution in [0.1, 0.15) is 17.7 Å². The van der Waals surface area contributed by atoms with Crippen LogP contribution in [0.4, 0.5) is 0 Å². The van der Waals surface area contributed by atoms with Gasteiger partial charge in [-0.05, 0) is 38.2 Å². The third-order valence-corrected chi connectivity index (χ3v) is 3.42. The van der Waals surface area contributed by atoms with Gasteiger partial charge >= 0.3 is 0 Å². The number of benzene rings is 1. The van der Waals surface area contributed by atoms with Gasteiger partial charge < -0.3 is 10.2 Å². The summed E-state index contributed by atoms with van der Waals surface area (Å²) in [5, 5.41) is 7.62. The summed E-state index contributed by atoms with van der Waals surface area (Å²) in [5.41, 5.74) is 2.60. The summed E-state index contributed by atoms with van der Waals surface area (Å²) in [6, 6.07) is 12.7. The molecule has 0 unspecified atom stereocenters. The monoisotopic (exact) mass is 272 g/mol. The molecule has 1 heterocycles. The number of aryl methyl sites for hydroxylation is 1. The molecule has 1 aromatic carbocycles. The van der Waals surface area contributed by atoms with Crippen LogP contribution in [-0.2, 0) is 20.1 Å².